The summed E-state index contributed by atoms with van der Waals surface area (Å²) in [5.74, 6) is 6.67. The predicted molar refractivity (Wildman–Crippen MR) is 80.3 cm³/mol. The van der Waals surface area contributed by atoms with E-state index in [-0.39, 0.29) is 12.7 Å². The van der Waals surface area contributed by atoms with E-state index in [9.17, 15) is 0 Å². The first-order valence-electron chi connectivity index (χ1n) is 7.40. The second-order valence-corrected chi connectivity index (χ2v) is 4.86. The summed E-state index contributed by atoms with van der Waals surface area (Å²) in [6.45, 7) is 2.71. The summed E-state index contributed by atoms with van der Waals surface area (Å²) in [6, 6.07) is 7.60. The second-order valence-electron chi connectivity index (χ2n) is 4.86. The van der Waals surface area contributed by atoms with Crippen molar-refractivity contribution in [3.05, 3.63) is 29.8 Å². The Balaban J connectivity index is 1.61. The van der Waals surface area contributed by atoms with E-state index in [1.807, 2.05) is 24.3 Å². The van der Waals surface area contributed by atoms with Gasteiger partial charge in [0.25, 0.3) is 0 Å². The van der Waals surface area contributed by atoms with Gasteiger partial charge in [0, 0.05) is 18.6 Å². The van der Waals surface area contributed by atoms with Gasteiger partial charge in [-0.3, -0.25) is 0 Å². The fraction of sp³-hybridized carbons (Fsp3) is 0.529. The Morgan fingerprint density at radius 1 is 1.24 bits per heavy atom. The minimum Gasteiger partial charge on any atom is -0.491 e. The molecule has 1 N–H and O–H groups in total. The molecule has 1 fully saturated rings. The molecule has 114 valence electrons. The van der Waals surface area contributed by atoms with Crippen LogP contribution < -0.4 is 4.74 Å². The number of aliphatic hydroxyl groups is 1. The van der Waals surface area contributed by atoms with E-state index in [4.69, 9.17) is 19.3 Å². The van der Waals surface area contributed by atoms with Gasteiger partial charge in [0.05, 0.1) is 25.9 Å². The summed E-state index contributed by atoms with van der Waals surface area (Å²) in [5, 5.41) is 8.66. The van der Waals surface area contributed by atoms with Crippen LogP contribution in [0, 0.1) is 11.8 Å². The van der Waals surface area contributed by atoms with Crippen LogP contribution in [-0.4, -0.2) is 44.2 Å². The van der Waals surface area contributed by atoms with Crippen LogP contribution >= 0.6 is 0 Å². The van der Waals surface area contributed by atoms with Crippen molar-refractivity contribution < 1.29 is 19.3 Å². The summed E-state index contributed by atoms with van der Waals surface area (Å²) in [4.78, 5) is 0. The third-order valence-electron chi connectivity index (χ3n) is 3.15. The predicted octanol–water partition coefficient (Wildman–Crippen LogP) is 1.99. The molecule has 1 heterocycles. The summed E-state index contributed by atoms with van der Waals surface area (Å²) >= 11 is 0. The standard InChI is InChI=1S/C17H22O4/c18-10-2-1-4-15-6-8-16(9-7-15)21-13-12-19-14-17-5-3-11-20-17/h6-9,17-18H,2-3,5,10-14H2. The second kappa shape index (κ2) is 9.41. The number of rotatable bonds is 7. The minimum atomic E-state index is 0.0973. The van der Waals surface area contributed by atoms with Crippen LogP contribution in [0.3, 0.4) is 0 Å². The van der Waals surface area contributed by atoms with Gasteiger partial charge >= 0.3 is 0 Å². The molecular weight excluding hydrogens is 268 g/mol. The maximum absolute atomic E-state index is 8.66. The van der Waals surface area contributed by atoms with Gasteiger partial charge in [0.2, 0.25) is 0 Å². The highest BCUT2D eigenvalue weighted by molar-refractivity contribution is 5.38. The van der Waals surface area contributed by atoms with Crippen LogP contribution in [0.15, 0.2) is 24.3 Å². The fourth-order valence-electron chi connectivity index (χ4n) is 2.06. The molecule has 0 spiro atoms. The zero-order chi connectivity index (χ0) is 14.8. The molecule has 0 bridgehead atoms. The Bertz CT molecular complexity index is 452. The number of hydrogen-bond acceptors (Lipinski definition) is 4. The lowest BCUT2D eigenvalue weighted by molar-refractivity contribution is 0.00853. The van der Waals surface area contributed by atoms with Crippen molar-refractivity contribution in [3.8, 4) is 17.6 Å². The summed E-state index contributed by atoms with van der Waals surface area (Å²) < 4.78 is 16.6. The molecule has 0 saturated carbocycles. The molecule has 21 heavy (non-hydrogen) atoms. The summed E-state index contributed by atoms with van der Waals surface area (Å²) in [5.41, 5.74) is 0.922. The molecule has 1 aliphatic heterocycles. The molecule has 0 radical (unpaired) electrons. The van der Waals surface area contributed by atoms with Gasteiger partial charge < -0.3 is 19.3 Å². The molecule has 0 aliphatic carbocycles. The van der Waals surface area contributed by atoms with Crippen LogP contribution in [-0.2, 0) is 9.47 Å². The van der Waals surface area contributed by atoms with Crippen LogP contribution in [0.1, 0.15) is 24.8 Å². The Morgan fingerprint density at radius 3 is 2.81 bits per heavy atom. The minimum absolute atomic E-state index is 0.0973. The van der Waals surface area contributed by atoms with E-state index in [1.165, 1.54) is 0 Å². The summed E-state index contributed by atoms with van der Waals surface area (Å²) in [7, 11) is 0. The third-order valence-corrected chi connectivity index (χ3v) is 3.15. The molecular formula is C17H22O4. The Kier molecular flexibility index (Phi) is 7.10. The van der Waals surface area contributed by atoms with Gasteiger partial charge in [-0.25, -0.2) is 0 Å². The highest BCUT2D eigenvalue weighted by Crippen LogP contribution is 2.13. The van der Waals surface area contributed by atoms with Gasteiger partial charge in [0.1, 0.15) is 12.4 Å². The maximum Gasteiger partial charge on any atom is 0.119 e. The van der Waals surface area contributed by atoms with Crippen molar-refractivity contribution in [1.29, 1.82) is 0 Å². The lowest BCUT2D eigenvalue weighted by Gasteiger charge is -2.10. The van der Waals surface area contributed by atoms with E-state index in [1.54, 1.807) is 0 Å². The smallest absolute Gasteiger partial charge is 0.119 e. The van der Waals surface area contributed by atoms with E-state index < -0.39 is 0 Å². The lowest BCUT2D eigenvalue weighted by Crippen LogP contribution is -2.17. The van der Waals surface area contributed by atoms with Gasteiger partial charge in [-0.2, -0.15) is 0 Å². The number of ether oxygens (including phenoxy) is 3. The number of aliphatic hydroxyl groups excluding tert-OH is 1. The van der Waals surface area contributed by atoms with Crippen molar-refractivity contribution >= 4 is 0 Å². The topological polar surface area (TPSA) is 47.9 Å². The van der Waals surface area contributed by atoms with E-state index in [0.29, 0.717) is 26.2 Å². The van der Waals surface area contributed by atoms with Crippen LogP contribution in [0.25, 0.3) is 0 Å². The van der Waals surface area contributed by atoms with Crippen LogP contribution in [0.2, 0.25) is 0 Å². The Hall–Kier alpha value is -1.54. The zero-order valence-electron chi connectivity index (χ0n) is 12.2. The Labute approximate surface area is 126 Å². The van der Waals surface area contributed by atoms with Crippen molar-refractivity contribution in [1.82, 2.24) is 0 Å². The number of hydrogen-bond donors (Lipinski definition) is 1. The van der Waals surface area contributed by atoms with Crippen molar-refractivity contribution in [2.45, 2.75) is 25.4 Å². The fourth-order valence-corrected chi connectivity index (χ4v) is 2.06. The lowest BCUT2D eigenvalue weighted by atomic mass is 10.2. The first-order valence-corrected chi connectivity index (χ1v) is 7.40. The quantitative estimate of drug-likeness (QED) is 0.616. The first-order chi connectivity index (χ1) is 10.4. The van der Waals surface area contributed by atoms with Gasteiger partial charge in [0.15, 0.2) is 0 Å². The van der Waals surface area contributed by atoms with Gasteiger partial charge in [-0.15, -0.1) is 0 Å². The van der Waals surface area contributed by atoms with Gasteiger partial charge in [-0.05, 0) is 37.1 Å². The zero-order valence-corrected chi connectivity index (χ0v) is 12.2. The third kappa shape index (κ3) is 6.17. The first kappa shape index (κ1) is 15.8. The van der Waals surface area contributed by atoms with Gasteiger partial charge in [-0.1, -0.05) is 11.8 Å². The molecule has 1 unspecified atom stereocenters. The summed E-state index contributed by atoms with van der Waals surface area (Å²) in [6.07, 6.45) is 3.00. The van der Waals surface area contributed by atoms with E-state index in [0.717, 1.165) is 30.8 Å². The molecule has 1 aromatic rings. The Morgan fingerprint density at radius 2 is 2.10 bits per heavy atom. The number of benzene rings is 1. The molecule has 1 aromatic carbocycles. The van der Waals surface area contributed by atoms with Crippen LogP contribution in [0.4, 0.5) is 0 Å². The molecule has 1 saturated heterocycles. The van der Waals surface area contributed by atoms with Crippen molar-refractivity contribution in [2.24, 2.45) is 0 Å². The SMILES string of the molecule is OCCC#Cc1ccc(OCCOCC2CCCO2)cc1. The molecule has 4 heteroatoms. The molecule has 1 atom stereocenters. The molecule has 0 amide bonds. The van der Waals surface area contributed by atoms with E-state index >= 15 is 0 Å². The maximum atomic E-state index is 8.66. The van der Waals surface area contributed by atoms with E-state index in [2.05, 4.69) is 11.8 Å². The molecule has 2 rings (SSSR count). The van der Waals surface area contributed by atoms with Crippen LogP contribution in [0.5, 0.6) is 5.75 Å². The molecule has 1 aliphatic rings. The molecule has 0 aromatic heterocycles. The monoisotopic (exact) mass is 290 g/mol. The normalized spacial score (nSPS) is 17.3. The largest absolute Gasteiger partial charge is 0.491 e. The average molecular weight is 290 g/mol. The van der Waals surface area contributed by atoms with Crippen molar-refractivity contribution in [2.75, 3.05) is 33.0 Å². The molecule has 4 nitrogen and oxygen atoms in total. The highest BCUT2D eigenvalue weighted by atomic mass is 16.5. The highest BCUT2D eigenvalue weighted by Gasteiger charge is 2.14. The average Bonchev–Trinajstić information content (AvgIpc) is 3.02. The van der Waals surface area contributed by atoms with Crippen molar-refractivity contribution in [3.63, 3.8) is 0 Å².